The Morgan fingerprint density at radius 2 is 1.95 bits per heavy atom. The molecule has 1 heterocycles. The Bertz CT molecular complexity index is 796. The number of aliphatic hydroxyl groups excluding tert-OH is 1. The molecule has 1 aliphatic rings. The number of aliphatic hydroxyl groups is 1. The number of aryl methyl sites for hydroxylation is 1. The zero-order chi connectivity index (χ0) is 14.3. The van der Waals surface area contributed by atoms with Crippen LogP contribution in [0.3, 0.4) is 0 Å². The van der Waals surface area contributed by atoms with Gasteiger partial charge in [-0.3, -0.25) is 9.59 Å². The van der Waals surface area contributed by atoms with Gasteiger partial charge in [0.2, 0.25) is 0 Å². The van der Waals surface area contributed by atoms with Crippen LogP contribution < -0.4 is 5.43 Å². The quantitative estimate of drug-likeness (QED) is 0.863. The van der Waals surface area contributed by atoms with E-state index in [2.05, 4.69) is 0 Å². The van der Waals surface area contributed by atoms with Crippen LogP contribution in [0.15, 0.2) is 45.6 Å². The topological polar surface area (TPSA) is 67.5 Å². The predicted octanol–water partition coefficient (Wildman–Crippen LogP) is 2.64. The minimum absolute atomic E-state index is 0.00560. The third-order valence-corrected chi connectivity index (χ3v) is 3.32. The third kappa shape index (κ3) is 1.95. The van der Waals surface area contributed by atoms with Crippen LogP contribution in [0.1, 0.15) is 16.9 Å². The molecule has 0 radical (unpaired) electrons. The molecule has 1 aromatic carbocycles. The van der Waals surface area contributed by atoms with Crippen LogP contribution in [0.2, 0.25) is 0 Å². The Kier molecular flexibility index (Phi) is 2.79. The smallest absolute Gasteiger partial charge is 0.196 e. The first kappa shape index (κ1) is 12.4. The van der Waals surface area contributed by atoms with Crippen molar-refractivity contribution < 1.29 is 14.3 Å². The van der Waals surface area contributed by atoms with Gasteiger partial charge in [0.15, 0.2) is 11.2 Å². The zero-order valence-electron chi connectivity index (χ0n) is 10.8. The van der Waals surface area contributed by atoms with Gasteiger partial charge in [0.05, 0.1) is 6.42 Å². The molecule has 0 unspecified atom stereocenters. The Labute approximate surface area is 115 Å². The first-order valence-corrected chi connectivity index (χ1v) is 6.23. The molecule has 0 fully saturated rings. The number of rotatable bonds is 1. The molecular formula is C16H12O4. The van der Waals surface area contributed by atoms with Crippen molar-refractivity contribution in [3.05, 3.63) is 63.5 Å². The van der Waals surface area contributed by atoms with Crippen molar-refractivity contribution in [2.24, 2.45) is 0 Å². The van der Waals surface area contributed by atoms with Crippen LogP contribution in [0.25, 0.3) is 17.1 Å². The first-order valence-electron chi connectivity index (χ1n) is 6.23. The highest BCUT2D eigenvalue weighted by molar-refractivity contribution is 5.99. The number of hydrogen-bond donors (Lipinski definition) is 1. The van der Waals surface area contributed by atoms with E-state index in [4.69, 9.17) is 4.42 Å². The number of ketones is 1. The van der Waals surface area contributed by atoms with Crippen LogP contribution in [0.4, 0.5) is 0 Å². The lowest BCUT2D eigenvalue weighted by Crippen LogP contribution is -2.18. The van der Waals surface area contributed by atoms with Crippen molar-refractivity contribution >= 4 is 11.5 Å². The molecule has 2 aromatic rings. The van der Waals surface area contributed by atoms with Crippen LogP contribution in [-0.4, -0.2) is 10.9 Å². The molecule has 4 nitrogen and oxygen atoms in total. The number of fused-ring (bicyclic) bond motifs is 1. The van der Waals surface area contributed by atoms with Gasteiger partial charge in [0.25, 0.3) is 0 Å². The van der Waals surface area contributed by atoms with E-state index in [0.29, 0.717) is 5.76 Å². The van der Waals surface area contributed by atoms with Gasteiger partial charge in [-0.25, -0.2) is 0 Å². The van der Waals surface area contributed by atoms with E-state index >= 15 is 0 Å². The van der Waals surface area contributed by atoms with Gasteiger partial charge in [-0.15, -0.1) is 0 Å². The maximum absolute atomic E-state index is 12.1. The lowest BCUT2D eigenvalue weighted by atomic mass is 9.99. The van der Waals surface area contributed by atoms with E-state index in [1.54, 1.807) is 0 Å². The number of allylic oxidation sites excluding steroid dienone is 1. The van der Waals surface area contributed by atoms with Gasteiger partial charge < -0.3 is 9.52 Å². The Balaban J connectivity index is 2.24. The Morgan fingerprint density at radius 3 is 2.70 bits per heavy atom. The summed E-state index contributed by atoms with van der Waals surface area (Å²) >= 11 is 0. The van der Waals surface area contributed by atoms with Crippen molar-refractivity contribution in [2.45, 2.75) is 13.3 Å². The Hall–Kier alpha value is -2.62. The van der Waals surface area contributed by atoms with E-state index in [1.807, 2.05) is 31.2 Å². The molecule has 0 saturated heterocycles. The first-order chi connectivity index (χ1) is 9.56. The van der Waals surface area contributed by atoms with E-state index < -0.39 is 0 Å². The van der Waals surface area contributed by atoms with E-state index in [9.17, 15) is 14.7 Å². The fraction of sp³-hybridized carbons (Fsp3) is 0.125. The molecule has 0 bridgehead atoms. The number of carbonyl (C=O) groups excluding carboxylic acids is 1. The summed E-state index contributed by atoms with van der Waals surface area (Å²) in [4.78, 5) is 23.6. The molecular weight excluding hydrogens is 256 g/mol. The summed E-state index contributed by atoms with van der Waals surface area (Å²) in [7, 11) is 0. The molecule has 3 rings (SSSR count). The highest BCUT2D eigenvalue weighted by Gasteiger charge is 2.23. The molecule has 100 valence electrons. The van der Waals surface area contributed by atoms with Crippen molar-refractivity contribution in [2.75, 3.05) is 0 Å². The van der Waals surface area contributed by atoms with Gasteiger partial charge >= 0.3 is 0 Å². The monoisotopic (exact) mass is 268 g/mol. The summed E-state index contributed by atoms with van der Waals surface area (Å²) in [5, 5.41) is 9.71. The van der Waals surface area contributed by atoms with Crippen molar-refractivity contribution in [3.8, 4) is 11.3 Å². The van der Waals surface area contributed by atoms with Crippen LogP contribution in [0.5, 0.6) is 0 Å². The standard InChI is InChI=1S/C16H12O4/c1-9-4-2-3-5-11(9)14-8-13(19)16-12(18)6-10(17)7-15(16)20-14/h2-6,8,18H,7H2,1H3. The van der Waals surface area contributed by atoms with Crippen molar-refractivity contribution in [3.63, 3.8) is 0 Å². The van der Waals surface area contributed by atoms with Crippen LogP contribution in [-0.2, 0) is 11.2 Å². The lowest BCUT2D eigenvalue weighted by Gasteiger charge is -2.13. The second-order valence-corrected chi connectivity index (χ2v) is 4.76. The predicted molar refractivity (Wildman–Crippen MR) is 74.5 cm³/mol. The largest absolute Gasteiger partial charge is 0.507 e. The molecule has 0 aliphatic heterocycles. The van der Waals surface area contributed by atoms with Crippen LogP contribution in [0, 0.1) is 6.92 Å². The summed E-state index contributed by atoms with van der Waals surface area (Å²) in [6, 6.07) is 8.86. The SMILES string of the molecule is Cc1ccccc1-c1cc(=O)c2c(o1)CC(=O)C=C2O. The number of carbonyl (C=O) groups is 1. The van der Waals surface area contributed by atoms with Crippen molar-refractivity contribution in [1.29, 1.82) is 0 Å². The minimum atomic E-state index is -0.342. The molecule has 0 spiro atoms. The molecule has 20 heavy (non-hydrogen) atoms. The molecule has 4 heteroatoms. The highest BCUT2D eigenvalue weighted by atomic mass is 16.3. The maximum Gasteiger partial charge on any atom is 0.196 e. The normalized spacial score (nSPS) is 13.8. The van der Waals surface area contributed by atoms with Gasteiger partial charge in [-0.05, 0) is 12.5 Å². The van der Waals surface area contributed by atoms with Gasteiger partial charge in [0.1, 0.15) is 22.8 Å². The fourth-order valence-electron chi connectivity index (χ4n) is 2.35. The van der Waals surface area contributed by atoms with E-state index in [1.165, 1.54) is 6.07 Å². The molecule has 0 saturated carbocycles. The average molecular weight is 268 g/mol. The van der Waals surface area contributed by atoms with E-state index in [-0.39, 0.29) is 34.7 Å². The zero-order valence-corrected chi connectivity index (χ0v) is 10.8. The third-order valence-electron chi connectivity index (χ3n) is 3.32. The second kappa shape index (κ2) is 4.49. The summed E-state index contributed by atoms with van der Waals surface area (Å²) in [5.41, 5.74) is 1.51. The summed E-state index contributed by atoms with van der Waals surface area (Å²) in [6.07, 6.45) is 1.06. The average Bonchev–Trinajstić information content (AvgIpc) is 2.37. The molecule has 1 N–H and O–H groups in total. The summed E-state index contributed by atoms with van der Waals surface area (Å²) in [6.45, 7) is 1.91. The second-order valence-electron chi connectivity index (χ2n) is 4.76. The molecule has 1 aromatic heterocycles. The summed E-state index contributed by atoms with van der Waals surface area (Å²) in [5.74, 6) is 0.0384. The van der Waals surface area contributed by atoms with Gasteiger partial charge in [-0.1, -0.05) is 24.3 Å². The number of hydrogen-bond acceptors (Lipinski definition) is 4. The molecule has 0 atom stereocenters. The molecule has 1 aliphatic carbocycles. The minimum Gasteiger partial charge on any atom is -0.507 e. The highest BCUT2D eigenvalue weighted by Crippen LogP contribution is 2.27. The van der Waals surface area contributed by atoms with Gasteiger partial charge in [-0.2, -0.15) is 0 Å². The summed E-state index contributed by atoms with van der Waals surface area (Å²) < 4.78 is 5.67. The van der Waals surface area contributed by atoms with Crippen molar-refractivity contribution in [1.82, 2.24) is 0 Å². The maximum atomic E-state index is 12.1. The lowest BCUT2D eigenvalue weighted by molar-refractivity contribution is -0.114. The van der Waals surface area contributed by atoms with Crippen LogP contribution >= 0.6 is 0 Å². The fourth-order valence-corrected chi connectivity index (χ4v) is 2.35. The Morgan fingerprint density at radius 1 is 1.20 bits per heavy atom. The van der Waals surface area contributed by atoms with E-state index in [0.717, 1.165) is 17.2 Å². The number of benzene rings is 1. The molecule has 0 amide bonds. The van der Waals surface area contributed by atoms with Gasteiger partial charge in [0, 0.05) is 17.7 Å².